The molecule has 2 N–H and O–H groups in total. The molecule has 0 radical (unpaired) electrons. The number of fused-ring (bicyclic) bond motifs is 2. The first kappa shape index (κ1) is 14.5. The second kappa shape index (κ2) is 5.38. The first-order chi connectivity index (χ1) is 10.5. The molecule has 0 unspecified atom stereocenters. The number of nitrogens with zero attached hydrogens (tertiary/aromatic N) is 1. The summed E-state index contributed by atoms with van der Waals surface area (Å²) in [6.07, 6.45) is 2.83. The van der Waals surface area contributed by atoms with Gasteiger partial charge in [0, 0.05) is 12.6 Å². The topological polar surface area (TPSA) is 94.9 Å². The molecule has 6 heteroatoms. The maximum absolute atomic E-state index is 12.2. The van der Waals surface area contributed by atoms with E-state index in [2.05, 4.69) is 0 Å². The fraction of sp³-hybridized carbons (Fsp3) is 0.312. The van der Waals surface area contributed by atoms with Crippen LogP contribution in [-0.4, -0.2) is 44.9 Å². The van der Waals surface area contributed by atoms with Crippen LogP contribution in [-0.2, 0) is 20.9 Å². The minimum absolute atomic E-state index is 0.344. The molecule has 0 spiro atoms. The maximum atomic E-state index is 12.2. The Labute approximate surface area is 126 Å². The average Bonchev–Trinajstić information content (AvgIpc) is 2.71. The van der Waals surface area contributed by atoms with Crippen molar-refractivity contribution in [3.8, 4) is 0 Å². The zero-order valence-corrected chi connectivity index (χ0v) is 11.6. The summed E-state index contributed by atoms with van der Waals surface area (Å²) in [6.45, 7) is 0.347. The lowest BCUT2D eigenvalue weighted by atomic mass is 9.88. The second-order valence-electron chi connectivity index (χ2n) is 5.58. The number of carboxylic acids is 2. The summed E-state index contributed by atoms with van der Waals surface area (Å²) in [5.74, 6) is -5.11. The number of aliphatic carboxylic acids is 2. The Morgan fingerprint density at radius 3 is 2.27 bits per heavy atom. The minimum Gasteiger partial charge on any atom is -0.481 e. The molecule has 22 heavy (non-hydrogen) atoms. The summed E-state index contributed by atoms with van der Waals surface area (Å²) >= 11 is 0. The number of carboxylic acid groups (broad SMARTS) is 2. The summed E-state index contributed by atoms with van der Waals surface area (Å²) < 4.78 is 0. The van der Waals surface area contributed by atoms with E-state index >= 15 is 0 Å². The molecule has 0 aromatic heterocycles. The number of hydrogen-bond acceptors (Lipinski definition) is 4. The van der Waals surface area contributed by atoms with Crippen molar-refractivity contribution in [2.45, 2.75) is 18.6 Å². The average molecular weight is 301 g/mol. The van der Waals surface area contributed by atoms with E-state index in [0.717, 1.165) is 5.56 Å². The fourth-order valence-electron chi connectivity index (χ4n) is 3.46. The number of carbonyl (C=O) groups excluding carboxylic acids is 1. The Hall–Kier alpha value is -2.47. The number of hydrogen-bond donors (Lipinski definition) is 2. The highest BCUT2D eigenvalue weighted by Gasteiger charge is 2.58. The Kier molecular flexibility index (Phi) is 3.54. The van der Waals surface area contributed by atoms with Crippen LogP contribution < -0.4 is 0 Å². The van der Waals surface area contributed by atoms with Gasteiger partial charge in [-0.05, 0) is 11.6 Å². The van der Waals surface area contributed by atoms with Crippen molar-refractivity contribution >= 4 is 17.7 Å². The highest BCUT2D eigenvalue weighted by atomic mass is 16.4. The molecule has 1 aromatic rings. The SMILES string of the molecule is O=C(O)[C@@H]1[C@H](C(=O)O)[C@@H]2C(=O)C=C[C@@H]1N2Cc1ccccc1. The van der Waals surface area contributed by atoms with Gasteiger partial charge in [0.15, 0.2) is 5.78 Å². The third-order valence-electron chi connectivity index (χ3n) is 4.36. The third-order valence-corrected chi connectivity index (χ3v) is 4.36. The molecule has 2 aliphatic heterocycles. The van der Waals surface area contributed by atoms with Crippen LogP contribution >= 0.6 is 0 Å². The lowest BCUT2D eigenvalue weighted by Gasteiger charge is -2.31. The van der Waals surface area contributed by atoms with Crippen molar-refractivity contribution in [1.29, 1.82) is 0 Å². The van der Waals surface area contributed by atoms with Crippen molar-refractivity contribution in [1.82, 2.24) is 4.90 Å². The van der Waals surface area contributed by atoms with Crippen LogP contribution in [0.2, 0.25) is 0 Å². The highest BCUT2D eigenvalue weighted by Crippen LogP contribution is 2.41. The molecule has 0 saturated carbocycles. The van der Waals surface area contributed by atoms with E-state index < -0.39 is 35.9 Å². The van der Waals surface area contributed by atoms with Gasteiger partial charge in [-0.15, -0.1) is 0 Å². The zero-order chi connectivity index (χ0) is 15.9. The Morgan fingerprint density at radius 2 is 1.68 bits per heavy atom. The fourth-order valence-corrected chi connectivity index (χ4v) is 3.46. The lowest BCUT2D eigenvalue weighted by molar-refractivity contribution is -0.153. The third kappa shape index (κ3) is 2.21. The first-order valence-electron chi connectivity index (χ1n) is 6.98. The Bertz CT molecular complexity index is 654. The highest BCUT2D eigenvalue weighted by molar-refractivity contribution is 6.01. The van der Waals surface area contributed by atoms with Gasteiger partial charge < -0.3 is 10.2 Å². The van der Waals surface area contributed by atoms with Crippen molar-refractivity contribution < 1.29 is 24.6 Å². The van der Waals surface area contributed by atoms with Gasteiger partial charge in [-0.25, -0.2) is 0 Å². The van der Waals surface area contributed by atoms with Crippen LogP contribution in [0.25, 0.3) is 0 Å². The van der Waals surface area contributed by atoms with Gasteiger partial charge in [-0.2, -0.15) is 0 Å². The molecule has 3 rings (SSSR count). The normalized spacial score (nSPS) is 30.5. The molecule has 1 fully saturated rings. The van der Waals surface area contributed by atoms with E-state index in [1.165, 1.54) is 12.2 Å². The molecule has 2 bridgehead atoms. The molecule has 2 heterocycles. The number of rotatable bonds is 4. The standard InChI is InChI=1S/C16H15NO5/c18-11-7-6-10-12(15(19)20)13(16(21)22)14(11)17(10)8-9-4-2-1-3-5-9/h1-7,10,12-14H,8H2,(H,19,20)(H,21,22)/t10-,12-,13-,14-/m0/s1. The minimum atomic E-state index is -1.24. The first-order valence-corrected chi connectivity index (χ1v) is 6.98. The summed E-state index contributed by atoms with van der Waals surface area (Å²) in [7, 11) is 0. The smallest absolute Gasteiger partial charge is 0.309 e. The van der Waals surface area contributed by atoms with Gasteiger partial charge in [-0.3, -0.25) is 19.3 Å². The predicted molar refractivity (Wildman–Crippen MR) is 76.0 cm³/mol. The summed E-state index contributed by atoms with van der Waals surface area (Å²) in [4.78, 5) is 36.9. The molecule has 4 atom stereocenters. The summed E-state index contributed by atoms with van der Waals surface area (Å²) in [6, 6.07) is 7.79. The Morgan fingerprint density at radius 1 is 1.05 bits per heavy atom. The van der Waals surface area contributed by atoms with Gasteiger partial charge in [0.2, 0.25) is 0 Å². The van der Waals surface area contributed by atoms with Crippen molar-refractivity contribution in [3.05, 3.63) is 48.0 Å². The van der Waals surface area contributed by atoms with Gasteiger partial charge in [0.05, 0.1) is 17.9 Å². The van der Waals surface area contributed by atoms with E-state index in [1.807, 2.05) is 30.3 Å². The number of ketones is 1. The summed E-state index contributed by atoms with van der Waals surface area (Å²) in [5.41, 5.74) is 0.913. The lowest BCUT2D eigenvalue weighted by Crippen LogP contribution is -2.45. The van der Waals surface area contributed by atoms with Crippen molar-refractivity contribution in [2.75, 3.05) is 0 Å². The number of benzene rings is 1. The largest absolute Gasteiger partial charge is 0.481 e. The molecule has 1 aromatic carbocycles. The van der Waals surface area contributed by atoms with Gasteiger partial charge in [0.25, 0.3) is 0 Å². The van der Waals surface area contributed by atoms with Crippen LogP contribution in [0.1, 0.15) is 5.56 Å². The molecule has 1 saturated heterocycles. The van der Waals surface area contributed by atoms with Crippen LogP contribution in [0.5, 0.6) is 0 Å². The zero-order valence-electron chi connectivity index (χ0n) is 11.6. The van der Waals surface area contributed by atoms with Crippen molar-refractivity contribution in [2.24, 2.45) is 11.8 Å². The van der Waals surface area contributed by atoms with Crippen LogP contribution in [0.15, 0.2) is 42.5 Å². The van der Waals surface area contributed by atoms with E-state index in [1.54, 1.807) is 4.90 Å². The Balaban J connectivity index is 2.00. The van der Waals surface area contributed by atoms with E-state index in [4.69, 9.17) is 0 Å². The number of carbonyl (C=O) groups is 3. The van der Waals surface area contributed by atoms with Crippen LogP contribution in [0.3, 0.4) is 0 Å². The molecule has 6 nitrogen and oxygen atoms in total. The van der Waals surface area contributed by atoms with Gasteiger partial charge >= 0.3 is 11.9 Å². The maximum Gasteiger partial charge on any atom is 0.309 e. The molecule has 114 valence electrons. The molecule has 2 aliphatic rings. The van der Waals surface area contributed by atoms with Crippen LogP contribution in [0, 0.1) is 11.8 Å². The van der Waals surface area contributed by atoms with E-state index in [-0.39, 0.29) is 5.78 Å². The quantitative estimate of drug-likeness (QED) is 0.853. The molecule has 0 amide bonds. The predicted octanol–water partition coefficient (Wildman–Crippen LogP) is 0.780. The second-order valence-corrected chi connectivity index (χ2v) is 5.58. The van der Waals surface area contributed by atoms with Gasteiger partial charge in [0.1, 0.15) is 0 Å². The summed E-state index contributed by atoms with van der Waals surface area (Å²) in [5, 5.41) is 18.8. The van der Waals surface area contributed by atoms with E-state index in [0.29, 0.717) is 6.54 Å². The monoisotopic (exact) mass is 301 g/mol. The van der Waals surface area contributed by atoms with Gasteiger partial charge in [-0.1, -0.05) is 36.4 Å². The van der Waals surface area contributed by atoms with Crippen LogP contribution in [0.4, 0.5) is 0 Å². The molecular weight excluding hydrogens is 286 g/mol. The molecule has 0 aliphatic carbocycles. The van der Waals surface area contributed by atoms with Crippen molar-refractivity contribution in [3.63, 3.8) is 0 Å². The van der Waals surface area contributed by atoms with E-state index in [9.17, 15) is 24.6 Å². The molecular formula is C16H15NO5.